The number of fused-ring (bicyclic) bond motifs is 1. The van der Waals surface area contributed by atoms with Gasteiger partial charge in [-0.25, -0.2) is 0 Å². The van der Waals surface area contributed by atoms with Crippen LogP contribution >= 0.6 is 0 Å². The quantitative estimate of drug-likeness (QED) is 0.196. The van der Waals surface area contributed by atoms with E-state index >= 15 is 0 Å². The maximum absolute atomic E-state index is 12.8. The van der Waals surface area contributed by atoms with Gasteiger partial charge in [0.25, 0.3) is 11.8 Å². The average Bonchev–Trinajstić information content (AvgIpc) is 2.86. The lowest BCUT2D eigenvalue weighted by Crippen LogP contribution is -2.26. The minimum Gasteiger partial charge on any atom is -0.382 e. The van der Waals surface area contributed by atoms with Crippen molar-refractivity contribution in [1.29, 1.82) is 0 Å². The molecule has 8 heteroatoms. The molecule has 0 saturated heterocycles. The number of likely N-dealkylation sites (N-methyl/N-ethyl adjacent to an activating group) is 1. The number of hydrogen-bond acceptors (Lipinski definition) is 5. The number of carbonyl (C=O) groups excluding carboxylic acids is 2. The summed E-state index contributed by atoms with van der Waals surface area (Å²) < 4.78 is 0. The number of rotatable bonds is 6. The van der Waals surface area contributed by atoms with Crippen LogP contribution in [0.15, 0.2) is 71.8 Å². The molecule has 0 fully saturated rings. The Morgan fingerprint density at radius 3 is 2.47 bits per heavy atom. The Balaban J connectivity index is 1.37. The van der Waals surface area contributed by atoms with Gasteiger partial charge in [0.2, 0.25) is 0 Å². The molecule has 2 amide bonds. The topological polar surface area (TPSA) is 126 Å². The summed E-state index contributed by atoms with van der Waals surface area (Å²) >= 11 is 0. The molecule has 0 unspecified atom stereocenters. The van der Waals surface area contributed by atoms with E-state index in [0.717, 1.165) is 30.8 Å². The van der Waals surface area contributed by atoms with E-state index in [0.29, 0.717) is 23.2 Å². The van der Waals surface area contributed by atoms with Crippen molar-refractivity contribution >= 4 is 23.3 Å². The molecule has 6 N–H and O–H groups in total. The predicted molar refractivity (Wildman–Crippen MR) is 133 cm³/mol. The van der Waals surface area contributed by atoms with Crippen LogP contribution in [-0.4, -0.2) is 36.1 Å². The fraction of sp³-hybridized carbons (Fsp3) is 0.192. The van der Waals surface area contributed by atoms with Crippen LogP contribution in [0, 0.1) is 0 Å². The Labute approximate surface area is 198 Å². The van der Waals surface area contributed by atoms with Crippen LogP contribution in [0.3, 0.4) is 0 Å². The lowest BCUT2D eigenvalue weighted by Gasteiger charge is -2.25. The van der Waals surface area contributed by atoms with Gasteiger partial charge >= 0.3 is 0 Å². The first-order valence-corrected chi connectivity index (χ1v) is 11.1. The van der Waals surface area contributed by atoms with Crippen molar-refractivity contribution in [3.05, 3.63) is 100 Å². The minimum atomic E-state index is -0.233. The molecule has 34 heavy (non-hydrogen) atoms. The normalized spacial score (nSPS) is 13.7. The Bertz CT molecular complexity index is 1240. The lowest BCUT2D eigenvalue weighted by atomic mass is 9.99. The van der Waals surface area contributed by atoms with E-state index in [9.17, 15) is 9.59 Å². The van der Waals surface area contributed by atoms with Gasteiger partial charge in [0.15, 0.2) is 0 Å². The molecular formula is C26H28N6O2. The van der Waals surface area contributed by atoms with E-state index in [4.69, 9.17) is 11.6 Å². The summed E-state index contributed by atoms with van der Waals surface area (Å²) in [7, 11) is 2.10. The fourth-order valence-electron chi connectivity index (χ4n) is 3.95. The average molecular weight is 457 g/mol. The van der Waals surface area contributed by atoms with Gasteiger partial charge in [-0.3, -0.25) is 9.59 Å². The standard InChI is InChI=1S/C26H28N6O2/c1-32-12-11-18-9-10-23(14-22(18)16-32)30-26(34)21-4-2-3-17(13-21)15-29-25(33)20-7-5-19(6-8-20)24(27)31-28/h2-10,13-14H,11-12,15-16,28H2,1H3,(H2,27,31)(H,29,33)(H,30,34). The first kappa shape index (κ1) is 23.0. The molecule has 0 atom stereocenters. The molecular weight excluding hydrogens is 428 g/mol. The summed E-state index contributed by atoms with van der Waals surface area (Å²) in [5, 5.41) is 9.30. The number of nitrogens with one attached hydrogen (secondary N) is 2. The Morgan fingerprint density at radius 1 is 0.941 bits per heavy atom. The lowest BCUT2D eigenvalue weighted by molar-refractivity contribution is 0.0950. The number of amides is 2. The Morgan fingerprint density at radius 2 is 1.71 bits per heavy atom. The van der Waals surface area contributed by atoms with Crippen molar-refractivity contribution in [3.63, 3.8) is 0 Å². The van der Waals surface area contributed by atoms with Crippen LogP contribution in [0.5, 0.6) is 0 Å². The van der Waals surface area contributed by atoms with Crippen molar-refractivity contribution < 1.29 is 9.59 Å². The summed E-state index contributed by atoms with van der Waals surface area (Å²) in [4.78, 5) is 27.6. The van der Waals surface area contributed by atoms with Crippen molar-refractivity contribution in [2.45, 2.75) is 19.5 Å². The first-order chi connectivity index (χ1) is 16.4. The van der Waals surface area contributed by atoms with Crippen LogP contribution in [0.25, 0.3) is 0 Å². The molecule has 174 valence electrons. The SMILES string of the molecule is CN1CCc2ccc(NC(=O)c3cccc(CNC(=O)c4ccc(C(N)=NN)cc4)c3)cc2C1. The zero-order valence-electron chi connectivity index (χ0n) is 19.0. The second-order valence-electron chi connectivity index (χ2n) is 8.40. The summed E-state index contributed by atoms with van der Waals surface area (Å²) in [6.07, 6.45) is 1.02. The smallest absolute Gasteiger partial charge is 0.255 e. The van der Waals surface area contributed by atoms with Gasteiger partial charge in [-0.1, -0.05) is 30.3 Å². The van der Waals surface area contributed by atoms with Gasteiger partial charge < -0.3 is 27.1 Å². The van der Waals surface area contributed by atoms with Crippen LogP contribution in [-0.2, 0) is 19.5 Å². The molecule has 0 aromatic heterocycles. The van der Waals surface area contributed by atoms with Gasteiger partial charge in [0.05, 0.1) is 0 Å². The molecule has 1 aliphatic heterocycles. The van der Waals surface area contributed by atoms with Gasteiger partial charge in [-0.2, -0.15) is 5.10 Å². The molecule has 0 radical (unpaired) electrons. The highest BCUT2D eigenvalue weighted by Crippen LogP contribution is 2.22. The summed E-state index contributed by atoms with van der Waals surface area (Å²) in [5.41, 5.74) is 11.5. The zero-order valence-corrected chi connectivity index (χ0v) is 19.0. The third kappa shape index (κ3) is 5.41. The molecule has 0 bridgehead atoms. The van der Waals surface area contributed by atoms with E-state index in [-0.39, 0.29) is 17.6 Å². The van der Waals surface area contributed by atoms with Gasteiger partial charge in [0, 0.05) is 42.0 Å². The predicted octanol–water partition coefficient (Wildman–Crippen LogP) is 2.44. The summed E-state index contributed by atoms with van der Waals surface area (Å²) in [5.74, 6) is 4.95. The number of carbonyl (C=O) groups is 2. The van der Waals surface area contributed by atoms with Crippen molar-refractivity contribution in [2.75, 3.05) is 18.9 Å². The van der Waals surface area contributed by atoms with Crippen molar-refractivity contribution in [3.8, 4) is 0 Å². The largest absolute Gasteiger partial charge is 0.382 e. The number of anilines is 1. The van der Waals surface area contributed by atoms with Crippen LogP contribution in [0.2, 0.25) is 0 Å². The third-order valence-corrected chi connectivity index (χ3v) is 5.89. The van der Waals surface area contributed by atoms with Crippen LogP contribution < -0.4 is 22.2 Å². The molecule has 3 aromatic rings. The third-order valence-electron chi connectivity index (χ3n) is 5.89. The second-order valence-corrected chi connectivity index (χ2v) is 8.40. The Kier molecular flexibility index (Phi) is 6.89. The summed E-state index contributed by atoms with van der Waals surface area (Å²) in [6.45, 7) is 2.22. The van der Waals surface area contributed by atoms with E-state index < -0.39 is 0 Å². The number of hydrogen-bond donors (Lipinski definition) is 4. The monoisotopic (exact) mass is 456 g/mol. The van der Waals surface area contributed by atoms with Crippen LogP contribution in [0.4, 0.5) is 5.69 Å². The van der Waals surface area contributed by atoms with Gasteiger partial charge in [-0.05, 0) is 66.6 Å². The zero-order chi connectivity index (χ0) is 24.1. The maximum Gasteiger partial charge on any atom is 0.255 e. The maximum atomic E-state index is 12.8. The molecule has 0 saturated carbocycles. The van der Waals surface area contributed by atoms with E-state index in [1.807, 2.05) is 24.3 Å². The molecule has 3 aromatic carbocycles. The highest BCUT2D eigenvalue weighted by Gasteiger charge is 2.15. The number of amidine groups is 1. The molecule has 4 rings (SSSR count). The van der Waals surface area contributed by atoms with E-state index in [1.165, 1.54) is 11.1 Å². The number of nitrogens with two attached hydrogens (primary N) is 2. The summed E-state index contributed by atoms with van der Waals surface area (Å²) in [6, 6.07) is 20.0. The van der Waals surface area contributed by atoms with Gasteiger partial charge in [0.1, 0.15) is 5.84 Å². The molecule has 0 spiro atoms. The highest BCUT2D eigenvalue weighted by molar-refractivity contribution is 6.04. The molecule has 0 aliphatic carbocycles. The van der Waals surface area contributed by atoms with E-state index in [1.54, 1.807) is 36.4 Å². The number of benzene rings is 3. The number of hydrazone groups is 1. The van der Waals surface area contributed by atoms with Crippen LogP contribution in [0.1, 0.15) is 43.0 Å². The molecule has 1 heterocycles. The second kappa shape index (κ2) is 10.2. The van der Waals surface area contributed by atoms with E-state index in [2.05, 4.69) is 33.7 Å². The first-order valence-electron chi connectivity index (χ1n) is 11.1. The molecule has 8 nitrogen and oxygen atoms in total. The Hall–Kier alpha value is -4.17. The highest BCUT2D eigenvalue weighted by atomic mass is 16.2. The van der Waals surface area contributed by atoms with Gasteiger partial charge in [-0.15, -0.1) is 0 Å². The fourth-order valence-corrected chi connectivity index (χ4v) is 3.95. The minimum absolute atomic E-state index is 0.188. The number of nitrogens with zero attached hydrogens (tertiary/aromatic N) is 2. The van der Waals surface area contributed by atoms with Crippen molar-refractivity contribution in [2.24, 2.45) is 16.7 Å². The molecule has 1 aliphatic rings. The van der Waals surface area contributed by atoms with Crippen molar-refractivity contribution in [1.82, 2.24) is 10.2 Å².